The Balaban J connectivity index is 1.97. The van der Waals surface area contributed by atoms with Gasteiger partial charge in [-0.25, -0.2) is 15.0 Å². The predicted octanol–water partition coefficient (Wildman–Crippen LogP) is 2.58. The first-order chi connectivity index (χ1) is 7.83. The number of nitrogens with zero attached hydrogens (tertiary/aromatic N) is 4. The Morgan fingerprint density at radius 3 is 3.12 bits per heavy atom. The maximum Gasteiger partial charge on any atom is 0.195 e. The van der Waals surface area contributed by atoms with Crippen LogP contribution in [0.15, 0.2) is 40.3 Å². The minimum absolute atomic E-state index is 0.736. The van der Waals surface area contributed by atoms with Gasteiger partial charge in [-0.3, -0.25) is 0 Å². The van der Waals surface area contributed by atoms with E-state index in [0.717, 1.165) is 20.5 Å². The van der Waals surface area contributed by atoms with E-state index in [-0.39, 0.29) is 0 Å². The minimum Gasteiger partial charge on any atom is -0.329 e. The molecule has 0 fully saturated rings. The number of aryl methyl sites for hydroxylation is 1. The van der Waals surface area contributed by atoms with Crippen LogP contribution in [0.4, 0.5) is 0 Å². The zero-order valence-corrected chi connectivity index (χ0v) is 10.1. The highest BCUT2D eigenvalue weighted by Crippen LogP contribution is 2.25. The standard InChI is InChI=1S/C10H8N4S2/c1-14-4-3-11-10(14)16-9-12-6-8-7(13-9)2-5-15-8/h2-6H,1H3. The van der Waals surface area contributed by atoms with Crippen molar-refractivity contribution >= 4 is 33.3 Å². The number of hydrogen-bond donors (Lipinski definition) is 0. The molecule has 16 heavy (non-hydrogen) atoms. The van der Waals surface area contributed by atoms with Gasteiger partial charge in [-0.05, 0) is 23.2 Å². The van der Waals surface area contributed by atoms with Gasteiger partial charge in [0.25, 0.3) is 0 Å². The topological polar surface area (TPSA) is 43.6 Å². The molecule has 0 bridgehead atoms. The van der Waals surface area contributed by atoms with Crippen molar-refractivity contribution in [3.8, 4) is 0 Å². The molecule has 0 aromatic carbocycles. The van der Waals surface area contributed by atoms with E-state index < -0.39 is 0 Å². The summed E-state index contributed by atoms with van der Waals surface area (Å²) in [7, 11) is 1.96. The summed E-state index contributed by atoms with van der Waals surface area (Å²) in [6, 6.07) is 2.00. The van der Waals surface area contributed by atoms with Gasteiger partial charge in [0, 0.05) is 25.6 Å². The van der Waals surface area contributed by atoms with Crippen LogP contribution in [0.2, 0.25) is 0 Å². The molecule has 0 unspecified atom stereocenters. The number of rotatable bonds is 2. The van der Waals surface area contributed by atoms with Gasteiger partial charge in [0.1, 0.15) is 0 Å². The maximum atomic E-state index is 4.46. The van der Waals surface area contributed by atoms with E-state index in [9.17, 15) is 0 Å². The van der Waals surface area contributed by atoms with Gasteiger partial charge in [0.15, 0.2) is 10.3 Å². The average Bonchev–Trinajstić information content (AvgIpc) is 2.88. The summed E-state index contributed by atoms with van der Waals surface area (Å²) in [6.07, 6.45) is 5.54. The van der Waals surface area contributed by atoms with Crippen molar-refractivity contribution < 1.29 is 0 Å². The molecule has 3 aromatic rings. The summed E-state index contributed by atoms with van der Waals surface area (Å²) < 4.78 is 3.07. The first-order valence-electron chi connectivity index (χ1n) is 4.68. The highest BCUT2D eigenvalue weighted by atomic mass is 32.2. The van der Waals surface area contributed by atoms with Gasteiger partial charge in [-0.2, -0.15) is 0 Å². The van der Waals surface area contributed by atoms with Gasteiger partial charge in [-0.1, -0.05) is 0 Å². The minimum atomic E-state index is 0.736. The molecule has 0 saturated carbocycles. The molecule has 3 aromatic heterocycles. The van der Waals surface area contributed by atoms with Crippen molar-refractivity contribution in [2.45, 2.75) is 10.3 Å². The van der Waals surface area contributed by atoms with Crippen LogP contribution in [-0.2, 0) is 7.05 Å². The molecule has 4 nitrogen and oxygen atoms in total. The molecule has 0 aliphatic carbocycles. The molecule has 0 radical (unpaired) electrons. The van der Waals surface area contributed by atoms with Crippen LogP contribution in [0.1, 0.15) is 0 Å². The summed E-state index contributed by atoms with van der Waals surface area (Å²) in [6.45, 7) is 0. The molecule has 0 aliphatic rings. The predicted molar refractivity (Wildman–Crippen MR) is 64.7 cm³/mol. The molecule has 0 spiro atoms. The molecular formula is C10H8N4S2. The molecule has 3 heterocycles. The molecule has 6 heteroatoms. The lowest BCUT2D eigenvalue weighted by Gasteiger charge is -1.99. The fourth-order valence-electron chi connectivity index (χ4n) is 1.33. The van der Waals surface area contributed by atoms with Crippen molar-refractivity contribution in [3.63, 3.8) is 0 Å². The van der Waals surface area contributed by atoms with Gasteiger partial charge in [0.05, 0.1) is 10.2 Å². The lowest BCUT2D eigenvalue weighted by atomic mass is 10.5. The lowest BCUT2D eigenvalue weighted by Crippen LogP contribution is -1.91. The van der Waals surface area contributed by atoms with Crippen LogP contribution >= 0.6 is 23.1 Å². The number of aromatic nitrogens is 4. The summed E-state index contributed by atoms with van der Waals surface area (Å²) in [4.78, 5) is 13.0. The van der Waals surface area contributed by atoms with Gasteiger partial charge < -0.3 is 4.57 Å². The first-order valence-corrected chi connectivity index (χ1v) is 6.38. The van der Waals surface area contributed by atoms with Crippen LogP contribution in [0.5, 0.6) is 0 Å². The summed E-state index contributed by atoms with van der Waals surface area (Å²) in [5, 5.41) is 3.66. The molecule has 80 valence electrons. The third kappa shape index (κ3) is 1.70. The van der Waals surface area contributed by atoms with E-state index in [0.29, 0.717) is 0 Å². The van der Waals surface area contributed by atoms with E-state index in [1.165, 1.54) is 11.8 Å². The normalized spacial score (nSPS) is 11.1. The average molecular weight is 248 g/mol. The second kappa shape index (κ2) is 3.88. The highest BCUT2D eigenvalue weighted by Gasteiger charge is 2.06. The fraction of sp³-hybridized carbons (Fsp3) is 0.100. The first kappa shape index (κ1) is 9.80. The van der Waals surface area contributed by atoms with Crippen LogP contribution in [0.3, 0.4) is 0 Å². The third-order valence-corrected chi connectivity index (χ3v) is 3.94. The van der Waals surface area contributed by atoms with Crippen LogP contribution in [0, 0.1) is 0 Å². The maximum absolute atomic E-state index is 4.46. The van der Waals surface area contributed by atoms with Gasteiger partial charge >= 0.3 is 0 Å². The zero-order chi connectivity index (χ0) is 11.0. The van der Waals surface area contributed by atoms with Crippen molar-refractivity contribution in [1.82, 2.24) is 19.5 Å². The van der Waals surface area contributed by atoms with E-state index in [4.69, 9.17) is 0 Å². The Morgan fingerprint density at radius 1 is 1.38 bits per heavy atom. The van der Waals surface area contributed by atoms with Crippen LogP contribution in [0.25, 0.3) is 10.2 Å². The summed E-state index contributed by atoms with van der Waals surface area (Å²) in [5.41, 5.74) is 0.997. The molecular weight excluding hydrogens is 240 g/mol. The fourth-order valence-corrected chi connectivity index (χ4v) is 2.75. The Labute approximate surface area is 100 Å². The smallest absolute Gasteiger partial charge is 0.195 e. The molecule has 3 rings (SSSR count). The van der Waals surface area contributed by atoms with E-state index >= 15 is 0 Å². The van der Waals surface area contributed by atoms with Crippen molar-refractivity contribution in [2.75, 3.05) is 0 Å². The zero-order valence-electron chi connectivity index (χ0n) is 8.49. The van der Waals surface area contributed by atoms with E-state index in [1.807, 2.05) is 35.5 Å². The molecule has 0 aliphatic heterocycles. The molecule has 0 amide bonds. The Bertz CT molecular complexity index is 628. The summed E-state index contributed by atoms with van der Waals surface area (Å²) >= 11 is 3.13. The largest absolute Gasteiger partial charge is 0.329 e. The summed E-state index contributed by atoms with van der Waals surface area (Å²) in [5.74, 6) is 0. The lowest BCUT2D eigenvalue weighted by molar-refractivity contribution is 0.786. The van der Waals surface area contributed by atoms with Gasteiger partial charge in [-0.15, -0.1) is 11.3 Å². The monoisotopic (exact) mass is 248 g/mol. The Hall–Kier alpha value is -1.40. The SMILES string of the molecule is Cn1ccnc1Sc1ncc2sccc2n1. The highest BCUT2D eigenvalue weighted by molar-refractivity contribution is 7.99. The third-order valence-electron chi connectivity index (χ3n) is 2.14. The van der Waals surface area contributed by atoms with Gasteiger partial charge in [0.2, 0.25) is 0 Å². The van der Waals surface area contributed by atoms with Crippen molar-refractivity contribution in [1.29, 1.82) is 0 Å². The molecule has 0 N–H and O–H groups in total. The van der Waals surface area contributed by atoms with E-state index in [1.54, 1.807) is 17.5 Å². The Morgan fingerprint density at radius 2 is 2.31 bits per heavy atom. The second-order valence-corrected chi connectivity index (χ2v) is 5.13. The molecule has 0 atom stereocenters. The molecule has 0 saturated heterocycles. The Kier molecular flexibility index (Phi) is 2.37. The van der Waals surface area contributed by atoms with Crippen molar-refractivity contribution in [3.05, 3.63) is 30.0 Å². The quantitative estimate of drug-likeness (QED) is 0.654. The van der Waals surface area contributed by atoms with E-state index in [2.05, 4.69) is 15.0 Å². The number of imidazole rings is 1. The van der Waals surface area contributed by atoms with Crippen LogP contribution < -0.4 is 0 Å². The number of hydrogen-bond acceptors (Lipinski definition) is 5. The number of thiophene rings is 1. The van der Waals surface area contributed by atoms with Crippen LogP contribution in [-0.4, -0.2) is 19.5 Å². The van der Waals surface area contributed by atoms with Crippen molar-refractivity contribution in [2.24, 2.45) is 7.05 Å². The number of fused-ring (bicyclic) bond motifs is 1. The second-order valence-electron chi connectivity index (χ2n) is 3.25.